The van der Waals surface area contributed by atoms with Crippen molar-refractivity contribution in [3.05, 3.63) is 23.9 Å². The predicted molar refractivity (Wildman–Crippen MR) is 64.6 cm³/mol. The summed E-state index contributed by atoms with van der Waals surface area (Å²) in [5, 5.41) is 14.6. The standard InChI is InChI=1S/C11H12N2O3S/c1-3-16-11(15)8-9-7(14)5-4-6-13(9)12-10(8)17-2/h4-6,14H,3H2,1-2H3. The van der Waals surface area contributed by atoms with E-state index in [4.69, 9.17) is 4.74 Å². The molecule has 5 nitrogen and oxygen atoms in total. The van der Waals surface area contributed by atoms with Gasteiger partial charge in [0.2, 0.25) is 0 Å². The zero-order valence-corrected chi connectivity index (χ0v) is 10.3. The molecule has 0 saturated carbocycles. The van der Waals surface area contributed by atoms with E-state index >= 15 is 0 Å². The number of fused-ring (bicyclic) bond motifs is 1. The van der Waals surface area contributed by atoms with E-state index in [-0.39, 0.29) is 12.4 Å². The minimum atomic E-state index is -0.464. The number of carbonyl (C=O) groups is 1. The summed E-state index contributed by atoms with van der Waals surface area (Å²) in [4.78, 5) is 11.9. The molecule has 17 heavy (non-hydrogen) atoms. The first-order valence-corrected chi connectivity index (χ1v) is 6.33. The van der Waals surface area contributed by atoms with Gasteiger partial charge in [-0.1, -0.05) is 0 Å². The molecule has 6 heteroatoms. The molecule has 0 amide bonds. The number of hydrogen-bond donors (Lipinski definition) is 1. The highest BCUT2D eigenvalue weighted by atomic mass is 32.2. The van der Waals surface area contributed by atoms with Crippen LogP contribution in [-0.4, -0.2) is 33.6 Å². The summed E-state index contributed by atoms with van der Waals surface area (Å²) >= 11 is 1.34. The van der Waals surface area contributed by atoms with Crippen molar-refractivity contribution in [1.82, 2.24) is 9.61 Å². The third-order valence-corrected chi connectivity index (χ3v) is 2.95. The molecule has 0 radical (unpaired) electrons. The fraction of sp³-hybridized carbons (Fsp3) is 0.273. The summed E-state index contributed by atoms with van der Waals surface area (Å²) in [6, 6.07) is 3.18. The Morgan fingerprint density at radius 2 is 2.41 bits per heavy atom. The highest BCUT2D eigenvalue weighted by Crippen LogP contribution is 2.29. The molecule has 0 atom stereocenters. The molecule has 2 aromatic rings. The van der Waals surface area contributed by atoms with Gasteiger partial charge in [0.25, 0.3) is 0 Å². The quantitative estimate of drug-likeness (QED) is 0.668. The van der Waals surface area contributed by atoms with Crippen LogP contribution in [0, 0.1) is 0 Å². The Morgan fingerprint density at radius 3 is 3.06 bits per heavy atom. The van der Waals surface area contributed by atoms with Crippen LogP contribution in [0.3, 0.4) is 0 Å². The molecular formula is C11H12N2O3S. The predicted octanol–water partition coefficient (Wildman–Crippen LogP) is 1.94. The second kappa shape index (κ2) is 4.67. The fourth-order valence-electron chi connectivity index (χ4n) is 1.59. The van der Waals surface area contributed by atoms with Gasteiger partial charge in [-0.2, -0.15) is 5.10 Å². The number of esters is 1. The number of ether oxygens (including phenoxy) is 1. The number of carbonyl (C=O) groups excluding carboxylic acids is 1. The normalized spacial score (nSPS) is 10.7. The molecule has 0 aliphatic heterocycles. The van der Waals surface area contributed by atoms with Crippen LogP contribution in [0.1, 0.15) is 17.3 Å². The van der Waals surface area contributed by atoms with Crippen molar-refractivity contribution in [2.24, 2.45) is 0 Å². The van der Waals surface area contributed by atoms with Crippen LogP contribution in [0.2, 0.25) is 0 Å². The van der Waals surface area contributed by atoms with E-state index in [0.717, 1.165) is 0 Å². The van der Waals surface area contributed by atoms with Gasteiger partial charge in [-0.3, -0.25) is 0 Å². The van der Waals surface area contributed by atoms with Crippen LogP contribution in [0.4, 0.5) is 0 Å². The summed E-state index contributed by atoms with van der Waals surface area (Å²) in [6.45, 7) is 2.03. The summed E-state index contributed by atoms with van der Waals surface area (Å²) in [6.07, 6.45) is 3.50. The molecule has 0 aliphatic carbocycles. The average Bonchev–Trinajstić information content (AvgIpc) is 2.69. The van der Waals surface area contributed by atoms with Crippen LogP contribution in [0.15, 0.2) is 23.4 Å². The zero-order chi connectivity index (χ0) is 12.4. The van der Waals surface area contributed by atoms with E-state index in [9.17, 15) is 9.90 Å². The maximum absolute atomic E-state index is 11.9. The largest absolute Gasteiger partial charge is 0.506 e. The topological polar surface area (TPSA) is 63.8 Å². The van der Waals surface area contributed by atoms with Gasteiger partial charge < -0.3 is 9.84 Å². The molecule has 90 valence electrons. The second-order valence-corrected chi connectivity index (χ2v) is 4.09. The first-order valence-electron chi connectivity index (χ1n) is 5.10. The van der Waals surface area contributed by atoms with Crippen molar-refractivity contribution in [2.45, 2.75) is 11.9 Å². The third-order valence-electron chi connectivity index (χ3n) is 2.28. The summed E-state index contributed by atoms with van der Waals surface area (Å²) in [5.74, 6) is -0.447. The monoisotopic (exact) mass is 252 g/mol. The van der Waals surface area contributed by atoms with Crippen LogP contribution >= 0.6 is 11.8 Å². The first-order chi connectivity index (χ1) is 8.19. The SMILES string of the molecule is CCOC(=O)c1c(SC)nn2cccc(O)c12. The molecule has 0 bridgehead atoms. The Bertz CT molecular complexity index is 565. The number of aromatic nitrogens is 2. The number of rotatable bonds is 3. The lowest BCUT2D eigenvalue weighted by atomic mass is 10.2. The lowest BCUT2D eigenvalue weighted by Crippen LogP contribution is -2.05. The van der Waals surface area contributed by atoms with Crippen molar-refractivity contribution in [1.29, 1.82) is 0 Å². The fourth-order valence-corrected chi connectivity index (χ4v) is 2.15. The van der Waals surface area contributed by atoms with E-state index < -0.39 is 5.97 Å². The number of aromatic hydroxyl groups is 1. The maximum atomic E-state index is 11.9. The number of nitrogens with zero attached hydrogens (tertiary/aromatic N) is 2. The smallest absolute Gasteiger partial charge is 0.343 e. The highest BCUT2D eigenvalue weighted by Gasteiger charge is 2.22. The molecule has 1 N–H and O–H groups in total. The van der Waals surface area contributed by atoms with Crippen molar-refractivity contribution in [3.63, 3.8) is 0 Å². The zero-order valence-electron chi connectivity index (χ0n) is 9.51. The summed E-state index contributed by atoms with van der Waals surface area (Å²) in [7, 11) is 0. The Hall–Kier alpha value is -1.69. The molecule has 2 heterocycles. The highest BCUT2D eigenvalue weighted by molar-refractivity contribution is 7.98. The first kappa shape index (κ1) is 11.8. The van der Waals surface area contributed by atoms with Crippen molar-refractivity contribution in [2.75, 3.05) is 12.9 Å². The molecule has 0 saturated heterocycles. The molecule has 0 aromatic carbocycles. The van der Waals surface area contributed by atoms with Crippen molar-refractivity contribution >= 4 is 23.2 Å². The maximum Gasteiger partial charge on any atom is 0.343 e. The Kier molecular flexibility index (Phi) is 3.23. The van der Waals surface area contributed by atoms with Crippen molar-refractivity contribution < 1.29 is 14.6 Å². The van der Waals surface area contributed by atoms with E-state index in [2.05, 4.69) is 5.10 Å². The lowest BCUT2D eigenvalue weighted by Gasteiger charge is -2.02. The average molecular weight is 252 g/mol. The molecule has 0 unspecified atom stereocenters. The van der Waals surface area contributed by atoms with Gasteiger partial charge in [0.05, 0.1) is 6.61 Å². The van der Waals surface area contributed by atoms with E-state index in [0.29, 0.717) is 16.1 Å². The molecule has 0 aliphatic rings. The van der Waals surface area contributed by atoms with Gasteiger partial charge in [-0.05, 0) is 25.3 Å². The van der Waals surface area contributed by atoms with E-state index in [1.165, 1.54) is 22.3 Å². The molecular weight excluding hydrogens is 240 g/mol. The Labute approximate surface area is 102 Å². The van der Waals surface area contributed by atoms with Gasteiger partial charge >= 0.3 is 5.97 Å². The minimum absolute atomic E-state index is 0.0170. The minimum Gasteiger partial charge on any atom is -0.506 e. The van der Waals surface area contributed by atoms with Gasteiger partial charge in [0.1, 0.15) is 21.9 Å². The summed E-state index contributed by atoms with van der Waals surface area (Å²) in [5.41, 5.74) is 0.702. The van der Waals surface area contributed by atoms with Crippen molar-refractivity contribution in [3.8, 4) is 5.75 Å². The molecule has 2 aromatic heterocycles. The van der Waals surface area contributed by atoms with Crippen LogP contribution in [0.25, 0.3) is 5.52 Å². The van der Waals surface area contributed by atoms with E-state index in [1.807, 2.05) is 6.26 Å². The van der Waals surface area contributed by atoms with Gasteiger partial charge in [0, 0.05) is 6.20 Å². The Morgan fingerprint density at radius 1 is 1.65 bits per heavy atom. The molecule has 0 fully saturated rings. The second-order valence-electron chi connectivity index (χ2n) is 3.29. The summed E-state index contributed by atoms with van der Waals surface area (Å²) < 4.78 is 6.45. The van der Waals surface area contributed by atoms with Crippen LogP contribution < -0.4 is 0 Å². The van der Waals surface area contributed by atoms with E-state index in [1.54, 1.807) is 19.2 Å². The number of thioether (sulfide) groups is 1. The van der Waals surface area contributed by atoms with Gasteiger partial charge in [0.15, 0.2) is 0 Å². The number of pyridine rings is 1. The third kappa shape index (κ3) is 1.95. The Balaban J connectivity index is 2.69. The van der Waals surface area contributed by atoms with Gasteiger partial charge in [-0.25, -0.2) is 9.31 Å². The number of hydrogen-bond acceptors (Lipinski definition) is 5. The molecule has 2 rings (SSSR count). The van der Waals surface area contributed by atoms with Gasteiger partial charge in [-0.15, -0.1) is 11.8 Å². The van der Waals surface area contributed by atoms with Crippen LogP contribution in [-0.2, 0) is 4.74 Å². The lowest BCUT2D eigenvalue weighted by molar-refractivity contribution is 0.0524. The van der Waals surface area contributed by atoms with Crippen LogP contribution in [0.5, 0.6) is 5.75 Å². The molecule has 0 spiro atoms.